The molecular formula is C13H15ClNO3-. The Balaban J connectivity index is 2.79. The molecule has 0 spiro atoms. The molecule has 5 heteroatoms. The Kier molecular flexibility index (Phi) is 5.16. The highest BCUT2D eigenvalue weighted by Gasteiger charge is 2.17. The SMILES string of the molecule is CC(C)CC(NC(=O)c1ccccc1Cl)C(=O)[O-]. The Morgan fingerprint density at radius 2 is 1.94 bits per heavy atom. The molecule has 1 aromatic carbocycles. The molecule has 98 valence electrons. The molecule has 0 heterocycles. The lowest BCUT2D eigenvalue weighted by Crippen LogP contribution is -2.48. The smallest absolute Gasteiger partial charge is 0.253 e. The van der Waals surface area contributed by atoms with Crippen molar-refractivity contribution >= 4 is 23.5 Å². The first-order valence-electron chi connectivity index (χ1n) is 5.68. The Hall–Kier alpha value is -1.55. The first-order valence-corrected chi connectivity index (χ1v) is 6.06. The molecule has 1 N–H and O–H groups in total. The lowest BCUT2D eigenvalue weighted by Gasteiger charge is -2.21. The fraction of sp³-hybridized carbons (Fsp3) is 0.385. The summed E-state index contributed by atoms with van der Waals surface area (Å²) in [5, 5.41) is 13.6. The fourth-order valence-corrected chi connectivity index (χ4v) is 1.79. The predicted octanol–water partition coefficient (Wildman–Crippen LogP) is 1.23. The Morgan fingerprint density at radius 1 is 1.33 bits per heavy atom. The molecule has 1 atom stereocenters. The molecule has 0 bridgehead atoms. The van der Waals surface area contributed by atoms with Crippen LogP contribution in [0.5, 0.6) is 0 Å². The molecule has 0 saturated heterocycles. The maximum atomic E-state index is 11.9. The van der Waals surface area contributed by atoms with Crippen molar-refractivity contribution in [3.63, 3.8) is 0 Å². The summed E-state index contributed by atoms with van der Waals surface area (Å²) in [5.74, 6) is -1.65. The van der Waals surface area contributed by atoms with Crippen LogP contribution in [0.15, 0.2) is 24.3 Å². The second-order valence-electron chi connectivity index (χ2n) is 4.45. The standard InChI is InChI=1S/C13H16ClNO3/c1-8(2)7-11(13(17)18)15-12(16)9-5-3-4-6-10(9)14/h3-6,8,11H,7H2,1-2H3,(H,15,16)(H,17,18)/p-1. The van der Waals surface area contributed by atoms with Gasteiger partial charge in [0.1, 0.15) is 0 Å². The van der Waals surface area contributed by atoms with Crippen molar-refractivity contribution in [3.05, 3.63) is 34.9 Å². The Labute approximate surface area is 111 Å². The molecule has 18 heavy (non-hydrogen) atoms. The molecule has 1 amide bonds. The van der Waals surface area contributed by atoms with Crippen LogP contribution < -0.4 is 10.4 Å². The zero-order valence-corrected chi connectivity index (χ0v) is 11.0. The minimum absolute atomic E-state index is 0.138. The van der Waals surface area contributed by atoms with Crippen molar-refractivity contribution < 1.29 is 14.7 Å². The summed E-state index contributed by atoms with van der Waals surface area (Å²) in [6, 6.07) is 5.47. The lowest BCUT2D eigenvalue weighted by atomic mass is 10.0. The average molecular weight is 269 g/mol. The molecule has 1 rings (SSSR count). The van der Waals surface area contributed by atoms with E-state index in [2.05, 4.69) is 5.32 Å². The van der Waals surface area contributed by atoms with Gasteiger partial charge in [-0.15, -0.1) is 0 Å². The van der Waals surface area contributed by atoms with Gasteiger partial charge in [0.2, 0.25) is 0 Å². The molecule has 0 aliphatic carbocycles. The van der Waals surface area contributed by atoms with Gasteiger partial charge in [0.25, 0.3) is 5.91 Å². The van der Waals surface area contributed by atoms with E-state index in [0.717, 1.165) is 0 Å². The van der Waals surface area contributed by atoms with E-state index in [0.29, 0.717) is 6.42 Å². The molecule has 0 aliphatic heterocycles. The van der Waals surface area contributed by atoms with E-state index in [9.17, 15) is 14.7 Å². The number of carboxylic acids is 1. The largest absolute Gasteiger partial charge is 0.548 e. The summed E-state index contributed by atoms with van der Waals surface area (Å²) < 4.78 is 0. The number of nitrogens with one attached hydrogen (secondary N) is 1. The van der Waals surface area contributed by atoms with Crippen LogP contribution in [-0.2, 0) is 4.79 Å². The van der Waals surface area contributed by atoms with Gasteiger partial charge in [-0.25, -0.2) is 0 Å². The van der Waals surface area contributed by atoms with Gasteiger partial charge in [0.15, 0.2) is 0 Å². The van der Waals surface area contributed by atoms with Crippen molar-refractivity contribution in [1.82, 2.24) is 5.32 Å². The van der Waals surface area contributed by atoms with E-state index in [1.54, 1.807) is 24.3 Å². The van der Waals surface area contributed by atoms with Gasteiger partial charge in [-0.2, -0.15) is 0 Å². The second-order valence-corrected chi connectivity index (χ2v) is 4.86. The molecule has 4 nitrogen and oxygen atoms in total. The number of hydrogen-bond donors (Lipinski definition) is 1. The number of carbonyl (C=O) groups excluding carboxylic acids is 2. The van der Waals surface area contributed by atoms with E-state index >= 15 is 0 Å². The third kappa shape index (κ3) is 4.04. The normalized spacial score (nSPS) is 12.2. The van der Waals surface area contributed by atoms with Crippen LogP contribution in [-0.4, -0.2) is 17.9 Å². The van der Waals surface area contributed by atoms with Gasteiger partial charge >= 0.3 is 0 Å². The van der Waals surface area contributed by atoms with Crippen molar-refractivity contribution in [2.45, 2.75) is 26.3 Å². The number of benzene rings is 1. The molecule has 0 radical (unpaired) electrons. The topological polar surface area (TPSA) is 69.2 Å². The zero-order valence-electron chi connectivity index (χ0n) is 10.3. The van der Waals surface area contributed by atoms with Crippen molar-refractivity contribution in [2.75, 3.05) is 0 Å². The zero-order chi connectivity index (χ0) is 13.7. The molecular weight excluding hydrogens is 254 g/mol. The second kappa shape index (κ2) is 6.40. The molecule has 1 aromatic rings. The monoisotopic (exact) mass is 268 g/mol. The fourth-order valence-electron chi connectivity index (χ4n) is 1.57. The van der Waals surface area contributed by atoms with Crippen LogP contribution >= 0.6 is 11.6 Å². The van der Waals surface area contributed by atoms with Crippen LogP contribution in [0, 0.1) is 5.92 Å². The third-order valence-electron chi connectivity index (χ3n) is 2.42. The number of carboxylic acid groups (broad SMARTS) is 1. The van der Waals surface area contributed by atoms with Gasteiger partial charge in [-0.05, 0) is 24.5 Å². The van der Waals surface area contributed by atoms with Crippen LogP contribution in [0.1, 0.15) is 30.6 Å². The van der Waals surface area contributed by atoms with Gasteiger partial charge in [0, 0.05) is 0 Å². The van der Waals surface area contributed by atoms with Crippen LogP contribution in [0.3, 0.4) is 0 Å². The lowest BCUT2D eigenvalue weighted by molar-refractivity contribution is -0.308. The van der Waals surface area contributed by atoms with E-state index < -0.39 is 17.9 Å². The van der Waals surface area contributed by atoms with E-state index in [4.69, 9.17) is 11.6 Å². The van der Waals surface area contributed by atoms with Gasteiger partial charge < -0.3 is 15.2 Å². The van der Waals surface area contributed by atoms with Gasteiger partial charge in [-0.1, -0.05) is 37.6 Å². The number of rotatable bonds is 5. The summed E-state index contributed by atoms with van der Waals surface area (Å²) in [4.78, 5) is 22.8. The van der Waals surface area contributed by atoms with Crippen molar-refractivity contribution in [3.8, 4) is 0 Å². The minimum atomic E-state index is -1.29. The third-order valence-corrected chi connectivity index (χ3v) is 2.75. The Morgan fingerprint density at radius 3 is 2.44 bits per heavy atom. The molecule has 1 unspecified atom stereocenters. The molecule has 0 aromatic heterocycles. The highest BCUT2D eigenvalue weighted by atomic mass is 35.5. The predicted molar refractivity (Wildman–Crippen MR) is 67.2 cm³/mol. The van der Waals surface area contributed by atoms with E-state index in [1.165, 1.54) is 0 Å². The number of amides is 1. The van der Waals surface area contributed by atoms with Gasteiger partial charge in [0.05, 0.1) is 22.6 Å². The van der Waals surface area contributed by atoms with Gasteiger partial charge in [-0.3, -0.25) is 4.79 Å². The summed E-state index contributed by atoms with van der Waals surface area (Å²) in [6.45, 7) is 3.75. The molecule has 0 saturated carbocycles. The summed E-state index contributed by atoms with van der Waals surface area (Å²) in [7, 11) is 0. The quantitative estimate of drug-likeness (QED) is 0.873. The first-order chi connectivity index (χ1) is 8.41. The van der Waals surface area contributed by atoms with E-state index in [1.807, 2.05) is 13.8 Å². The first kappa shape index (κ1) is 14.5. The minimum Gasteiger partial charge on any atom is -0.548 e. The van der Waals surface area contributed by atoms with Crippen LogP contribution in [0.4, 0.5) is 0 Å². The van der Waals surface area contributed by atoms with Crippen LogP contribution in [0.25, 0.3) is 0 Å². The highest BCUT2D eigenvalue weighted by molar-refractivity contribution is 6.33. The van der Waals surface area contributed by atoms with E-state index in [-0.39, 0.29) is 16.5 Å². The number of aliphatic carboxylic acids is 1. The van der Waals surface area contributed by atoms with Crippen LogP contribution in [0.2, 0.25) is 5.02 Å². The summed E-state index contributed by atoms with van der Waals surface area (Å²) in [6.07, 6.45) is 0.318. The number of carbonyl (C=O) groups is 2. The maximum absolute atomic E-state index is 11.9. The summed E-state index contributed by atoms with van der Waals surface area (Å²) >= 11 is 5.86. The summed E-state index contributed by atoms with van der Waals surface area (Å²) in [5.41, 5.74) is 0.258. The Bertz CT molecular complexity index is 446. The number of hydrogen-bond acceptors (Lipinski definition) is 3. The highest BCUT2D eigenvalue weighted by Crippen LogP contribution is 2.15. The molecule has 0 fully saturated rings. The molecule has 0 aliphatic rings. The van der Waals surface area contributed by atoms with Crippen molar-refractivity contribution in [1.29, 1.82) is 0 Å². The maximum Gasteiger partial charge on any atom is 0.253 e. The average Bonchev–Trinajstić information content (AvgIpc) is 2.27. The number of halogens is 1. The van der Waals surface area contributed by atoms with Crippen molar-refractivity contribution in [2.24, 2.45) is 5.92 Å².